The first-order chi connectivity index (χ1) is 9.43. The largest absolute Gasteiger partial charge is 0.386 e. The molecule has 3 N–H and O–H groups in total. The molecule has 6 heteroatoms. The van der Waals surface area contributed by atoms with Crippen molar-refractivity contribution >= 4 is 11.8 Å². The number of aliphatic hydroxyl groups excluding tert-OH is 1. The molecule has 0 saturated carbocycles. The predicted molar refractivity (Wildman–Crippen MR) is 72.3 cm³/mol. The van der Waals surface area contributed by atoms with Crippen molar-refractivity contribution in [3.63, 3.8) is 0 Å². The van der Waals surface area contributed by atoms with Gasteiger partial charge in [0, 0.05) is 6.42 Å². The van der Waals surface area contributed by atoms with Gasteiger partial charge in [0.15, 0.2) is 0 Å². The third kappa shape index (κ3) is 4.97. The number of carbonyl (C=O) groups excluding carboxylic acids is 2. The Morgan fingerprint density at radius 1 is 1.25 bits per heavy atom. The van der Waals surface area contributed by atoms with Crippen molar-refractivity contribution in [2.45, 2.75) is 32.4 Å². The van der Waals surface area contributed by atoms with Crippen molar-refractivity contribution in [2.75, 3.05) is 6.54 Å². The molecule has 0 bridgehead atoms. The Balaban J connectivity index is 2.48. The molecule has 0 aliphatic carbocycles. The monoisotopic (exact) mass is 282 g/mol. The summed E-state index contributed by atoms with van der Waals surface area (Å²) in [7, 11) is 0. The second kappa shape index (κ2) is 7.59. The van der Waals surface area contributed by atoms with Crippen molar-refractivity contribution in [1.29, 1.82) is 0 Å². The first-order valence-electron chi connectivity index (χ1n) is 6.43. The number of carbonyl (C=O) groups is 2. The van der Waals surface area contributed by atoms with Crippen molar-refractivity contribution in [2.24, 2.45) is 0 Å². The first-order valence-corrected chi connectivity index (χ1v) is 6.43. The van der Waals surface area contributed by atoms with Gasteiger partial charge in [0.25, 0.3) is 0 Å². The fourth-order valence-corrected chi connectivity index (χ4v) is 1.64. The van der Waals surface area contributed by atoms with Gasteiger partial charge in [-0.3, -0.25) is 9.59 Å². The molecule has 110 valence electrons. The number of amides is 2. The quantitative estimate of drug-likeness (QED) is 0.725. The summed E-state index contributed by atoms with van der Waals surface area (Å²) in [4.78, 5) is 22.6. The Bertz CT molecular complexity index is 462. The molecular weight excluding hydrogens is 263 g/mol. The molecule has 0 saturated heterocycles. The van der Waals surface area contributed by atoms with Gasteiger partial charge in [-0.05, 0) is 24.6 Å². The molecule has 2 atom stereocenters. The van der Waals surface area contributed by atoms with E-state index < -0.39 is 12.1 Å². The standard InChI is InChI=1S/C14H19FN2O3/c1-3-12(18)16-8-13(19)17-9(2)14(20)10-4-6-11(15)7-5-10/h4-7,9,14,20H,3,8H2,1-2H3,(H,16,18)(H,17,19). The third-order valence-corrected chi connectivity index (χ3v) is 2.84. The number of benzene rings is 1. The lowest BCUT2D eigenvalue weighted by Gasteiger charge is -2.20. The minimum Gasteiger partial charge on any atom is -0.386 e. The molecule has 2 amide bonds. The van der Waals surface area contributed by atoms with Gasteiger partial charge < -0.3 is 15.7 Å². The van der Waals surface area contributed by atoms with Gasteiger partial charge in [-0.25, -0.2) is 4.39 Å². The van der Waals surface area contributed by atoms with Crippen LogP contribution in [0.1, 0.15) is 31.9 Å². The predicted octanol–water partition coefficient (Wildman–Crippen LogP) is 0.890. The normalized spacial score (nSPS) is 13.4. The Labute approximate surface area is 117 Å². The lowest BCUT2D eigenvalue weighted by atomic mass is 10.0. The fraction of sp³-hybridized carbons (Fsp3) is 0.429. The van der Waals surface area contributed by atoms with E-state index in [0.29, 0.717) is 12.0 Å². The maximum absolute atomic E-state index is 12.8. The van der Waals surface area contributed by atoms with E-state index in [4.69, 9.17) is 0 Å². The summed E-state index contributed by atoms with van der Waals surface area (Å²) >= 11 is 0. The average molecular weight is 282 g/mol. The summed E-state index contributed by atoms with van der Waals surface area (Å²) in [6.45, 7) is 3.19. The number of aliphatic hydroxyl groups is 1. The highest BCUT2D eigenvalue weighted by Crippen LogP contribution is 2.16. The van der Waals surface area contributed by atoms with Crippen molar-refractivity contribution in [3.8, 4) is 0 Å². The number of halogens is 1. The minimum atomic E-state index is -0.943. The van der Waals surface area contributed by atoms with Crippen LogP contribution < -0.4 is 10.6 Å². The van der Waals surface area contributed by atoms with Crippen molar-refractivity contribution < 1.29 is 19.1 Å². The average Bonchev–Trinajstić information content (AvgIpc) is 2.44. The van der Waals surface area contributed by atoms with Crippen LogP contribution in [-0.4, -0.2) is 29.5 Å². The molecule has 0 radical (unpaired) electrons. The zero-order valence-corrected chi connectivity index (χ0v) is 11.5. The van der Waals surface area contributed by atoms with E-state index in [1.807, 2.05) is 0 Å². The maximum Gasteiger partial charge on any atom is 0.239 e. The number of rotatable bonds is 6. The topological polar surface area (TPSA) is 78.4 Å². The molecular formula is C14H19FN2O3. The van der Waals surface area contributed by atoms with Gasteiger partial charge in [0.05, 0.1) is 18.7 Å². The van der Waals surface area contributed by atoms with Crippen LogP contribution in [0, 0.1) is 5.82 Å². The van der Waals surface area contributed by atoms with Crippen LogP contribution in [0.25, 0.3) is 0 Å². The highest BCUT2D eigenvalue weighted by molar-refractivity contribution is 5.84. The lowest BCUT2D eigenvalue weighted by molar-refractivity contribution is -0.126. The van der Waals surface area contributed by atoms with Crippen LogP contribution in [0.3, 0.4) is 0 Å². The molecule has 1 aromatic rings. The SMILES string of the molecule is CCC(=O)NCC(=O)NC(C)C(O)c1ccc(F)cc1. The lowest BCUT2D eigenvalue weighted by Crippen LogP contribution is -2.43. The second-order valence-electron chi connectivity index (χ2n) is 4.48. The molecule has 0 aliphatic rings. The summed E-state index contributed by atoms with van der Waals surface area (Å²) in [5.74, 6) is -0.993. The molecule has 0 fully saturated rings. The molecule has 1 rings (SSSR count). The van der Waals surface area contributed by atoms with E-state index in [1.165, 1.54) is 24.3 Å². The second-order valence-corrected chi connectivity index (χ2v) is 4.48. The number of nitrogens with one attached hydrogen (secondary N) is 2. The molecule has 5 nitrogen and oxygen atoms in total. The molecule has 0 aromatic heterocycles. The van der Waals surface area contributed by atoms with Gasteiger partial charge in [-0.2, -0.15) is 0 Å². The first kappa shape index (κ1) is 16.1. The van der Waals surface area contributed by atoms with Crippen LogP contribution in [-0.2, 0) is 9.59 Å². The van der Waals surface area contributed by atoms with E-state index in [0.717, 1.165) is 0 Å². The summed E-state index contributed by atoms with van der Waals surface area (Å²) in [5.41, 5.74) is 0.511. The van der Waals surface area contributed by atoms with Gasteiger partial charge in [-0.1, -0.05) is 19.1 Å². The Morgan fingerprint density at radius 2 is 1.85 bits per heavy atom. The van der Waals surface area contributed by atoms with E-state index in [1.54, 1.807) is 13.8 Å². The Morgan fingerprint density at radius 3 is 2.40 bits per heavy atom. The number of hydrogen-bond donors (Lipinski definition) is 3. The van der Waals surface area contributed by atoms with Gasteiger partial charge in [-0.15, -0.1) is 0 Å². The Hall–Kier alpha value is -1.95. The molecule has 20 heavy (non-hydrogen) atoms. The van der Waals surface area contributed by atoms with E-state index in [-0.39, 0.29) is 24.2 Å². The Kier molecular flexibility index (Phi) is 6.11. The van der Waals surface area contributed by atoms with Crippen LogP contribution in [0.15, 0.2) is 24.3 Å². The minimum absolute atomic E-state index is 0.132. The summed E-state index contributed by atoms with van der Waals surface area (Å²) < 4.78 is 12.8. The molecule has 0 aliphatic heterocycles. The summed E-state index contributed by atoms with van der Waals surface area (Å²) in [6, 6.07) is 4.86. The van der Waals surface area contributed by atoms with Crippen LogP contribution in [0.5, 0.6) is 0 Å². The fourth-order valence-electron chi connectivity index (χ4n) is 1.64. The van der Waals surface area contributed by atoms with Crippen LogP contribution in [0.2, 0.25) is 0 Å². The number of hydrogen-bond acceptors (Lipinski definition) is 3. The van der Waals surface area contributed by atoms with Crippen molar-refractivity contribution in [3.05, 3.63) is 35.6 Å². The summed E-state index contributed by atoms with van der Waals surface area (Å²) in [5, 5.41) is 15.0. The van der Waals surface area contributed by atoms with Gasteiger partial charge in [0.1, 0.15) is 5.82 Å². The third-order valence-electron chi connectivity index (χ3n) is 2.84. The smallest absolute Gasteiger partial charge is 0.239 e. The molecule has 0 heterocycles. The molecule has 2 unspecified atom stereocenters. The highest BCUT2D eigenvalue weighted by atomic mass is 19.1. The molecule has 0 spiro atoms. The van der Waals surface area contributed by atoms with Crippen LogP contribution >= 0.6 is 0 Å². The van der Waals surface area contributed by atoms with Gasteiger partial charge in [0.2, 0.25) is 11.8 Å². The zero-order valence-electron chi connectivity index (χ0n) is 11.5. The van der Waals surface area contributed by atoms with E-state index >= 15 is 0 Å². The van der Waals surface area contributed by atoms with Crippen molar-refractivity contribution in [1.82, 2.24) is 10.6 Å². The zero-order chi connectivity index (χ0) is 15.1. The van der Waals surface area contributed by atoms with Gasteiger partial charge >= 0.3 is 0 Å². The van der Waals surface area contributed by atoms with Crippen LogP contribution in [0.4, 0.5) is 4.39 Å². The van der Waals surface area contributed by atoms with E-state index in [2.05, 4.69) is 10.6 Å². The maximum atomic E-state index is 12.8. The molecule has 1 aromatic carbocycles. The highest BCUT2D eigenvalue weighted by Gasteiger charge is 2.18. The summed E-state index contributed by atoms with van der Waals surface area (Å²) in [6.07, 6.45) is -0.637. The van der Waals surface area contributed by atoms with E-state index in [9.17, 15) is 19.1 Å².